The molecule has 1 heterocycles. The average Bonchev–Trinajstić information content (AvgIpc) is 2.80. The first-order valence-electron chi connectivity index (χ1n) is 6.46. The SMILES string of the molecule is COCCCn1cc(C)nc1Nc1ccc(Br)c(Cl)c1Cl. The number of anilines is 2. The van der Waals surface area contributed by atoms with Crippen LogP contribution in [0, 0.1) is 6.92 Å². The van der Waals surface area contributed by atoms with E-state index in [1.54, 1.807) is 7.11 Å². The Morgan fingerprint density at radius 2 is 2.10 bits per heavy atom. The highest BCUT2D eigenvalue weighted by Gasteiger charge is 2.12. The summed E-state index contributed by atoms with van der Waals surface area (Å²) in [6, 6.07) is 3.71. The molecule has 0 aliphatic carbocycles. The third kappa shape index (κ3) is 4.13. The Bertz CT molecular complexity index is 631. The van der Waals surface area contributed by atoms with E-state index in [2.05, 4.69) is 26.2 Å². The highest BCUT2D eigenvalue weighted by atomic mass is 79.9. The van der Waals surface area contributed by atoms with Gasteiger partial charge in [-0.1, -0.05) is 23.2 Å². The summed E-state index contributed by atoms with van der Waals surface area (Å²) in [5.74, 6) is 0.740. The Hall–Kier alpha value is -0.750. The van der Waals surface area contributed by atoms with Crippen LogP contribution in [-0.2, 0) is 11.3 Å². The lowest BCUT2D eigenvalue weighted by Crippen LogP contribution is -2.05. The molecule has 0 spiro atoms. The molecule has 0 bridgehead atoms. The molecule has 0 atom stereocenters. The van der Waals surface area contributed by atoms with Crippen LogP contribution in [0.4, 0.5) is 11.6 Å². The highest BCUT2D eigenvalue weighted by molar-refractivity contribution is 9.10. The third-order valence-corrected chi connectivity index (χ3v) is 4.70. The van der Waals surface area contributed by atoms with Gasteiger partial charge >= 0.3 is 0 Å². The summed E-state index contributed by atoms with van der Waals surface area (Å²) in [4.78, 5) is 4.48. The van der Waals surface area contributed by atoms with Crippen LogP contribution in [0.3, 0.4) is 0 Å². The lowest BCUT2D eigenvalue weighted by atomic mass is 10.3. The van der Waals surface area contributed by atoms with Gasteiger partial charge in [0, 0.05) is 30.9 Å². The minimum Gasteiger partial charge on any atom is -0.385 e. The molecule has 2 aromatic rings. The van der Waals surface area contributed by atoms with E-state index in [-0.39, 0.29) is 0 Å². The average molecular weight is 393 g/mol. The van der Waals surface area contributed by atoms with E-state index < -0.39 is 0 Å². The molecular weight excluding hydrogens is 377 g/mol. The van der Waals surface area contributed by atoms with Gasteiger partial charge in [0.05, 0.1) is 21.4 Å². The Morgan fingerprint density at radius 1 is 1.33 bits per heavy atom. The standard InChI is InChI=1S/C14H16BrCl2N3O/c1-9-8-20(6-3-7-21-2)14(18-9)19-11-5-4-10(15)12(16)13(11)17/h4-5,8H,3,6-7H2,1-2H3,(H,18,19). The minimum absolute atomic E-state index is 0.468. The van der Waals surface area contributed by atoms with Crippen molar-refractivity contribution in [2.24, 2.45) is 0 Å². The quantitative estimate of drug-likeness (QED) is 0.552. The Morgan fingerprint density at radius 3 is 2.81 bits per heavy atom. The molecule has 7 heteroatoms. The summed E-state index contributed by atoms with van der Waals surface area (Å²) < 4.78 is 7.88. The summed E-state index contributed by atoms with van der Waals surface area (Å²) in [6.45, 7) is 3.48. The molecule has 0 amide bonds. The molecule has 21 heavy (non-hydrogen) atoms. The van der Waals surface area contributed by atoms with Crippen LogP contribution in [0.5, 0.6) is 0 Å². The van der Waals surface area contributed by atoms with Crippen LogP contribution in [-0.4, -0.2) is 23.3 Å². The van der Waals surface area contributed by atoms with Gasteiger partial charge in [-0.25, -0.2) is 4.98 Å². The zero-order valence-corrected chi connectivity index (χ0v) is 14.9. The summed E-state index contributed by atoms with van der Waals surface area (Å²) in [7, 11) is 1.70. The Labute approximate surface area is 142 Å². The van der Waals surface area contributed by atoms with Crippen molar-refractivity contribution in [2.45, 2.75) is 19.9 Å². The van der Waals surface area contributed by atoms with Crippen molar-refractivity contribution in [3.8, 4) is 0 Å². The van der Waals surface area contributed by atoms with E-state index >= 15 is 0 Å². The molecule has 0 saturated heterocycles. The highest BCUT2D eigenvalue weighted by Crippen LogP contribution is 2.36. The Balaban J connectivity index is 2.21. The van der Waals surface area contributed by atoms with E-state index in [0.29, 0.717) is 16.7 Å². The number of halogens is 3. The van der Waals surface area contributed by atoms with Crippen LogP contribution in [0.1, 0.15) is 12.1 Å². The number of aryl methyl sites for hydroxylation is 2. The summed E-state index contributed by atoms with van der Waals surface area (Å²) in [6.07, 6.45) is 2.90. The van der Waals surface area contributed by atoms with Crippen LogP contribution in [0.2, 0.25) is 10.0 Å². The van der Waals surface area contributed by atoms with Crippen molar-refractivity contribution in [3.63, 3.8) is 0 Å². The van der Waals surface area contributed by atoms with Crippen molar-refractivity contribution in [1.29, 1.82) is 0 Å². The van der Waals surface area contributed by atoms with Gasteiger partial charge in [-0.15, -0.1) is 0 Å². The fourth-order valence-corrected chi connectivity index (χ4v) is 2.76. The molecule has 1 aromatic carbocycles. The maximum absolute atomic E-state index is 6.25. The van der Waals surface area contributed by atoms with Crippen LogP contribution in [0.15, 0.2) is 22.8 Å². The van der Waals surface area contributed by atoms with E-state index in [4.69, 9.17) is 27.9 Å². The fourth-order valence-electron chi connectivity index (χ4n) is 1.94. The van der Waals surface area contributed by atoms with Crippen molar-refractivity contribution in [2.75, 3.05) is 19.0 Å². The molecular formula is C14H16BrCl2N3O. The molecule has 0 aliphatic heterocycles. The van der Waals surface area contributed by atoms with E-state index in [9.17, 15) is 0 Å². The minimum atomic E-state index is 0.468. The van der Waals surface area contributed by atoms with E-state index in [0.717, 1.165) is 34.8 Å². The molecule has 0 aliphatic rings. The number of hydrogen-bond donors (Lipinski definition) is 1. The summed E-state index contributed by atoms with van der Waals surface area (Å²) in [5, 5.41) is 4.18. The van der Waals surface area contributed by atoms with Gasteiger partial charge in [-0.2, -0.15) is 0 Å². The molecule has 0 unspecified atom stereocenters. The van der Waals surface area contributed by atoms with Gasteiger partial charge in [0.2, 0.25) is 5.95 Å². The van der Waals surface area contributed by atoms with Gasteiger partial charge in [0.15, 0.2) is 0 Å². The molecule has 114 valence electrons. The summed E-state index contributed by atoms with van der Waals surface area (Å²) >= 11 is 15.7. The van der Waals surface area contributed by atoms with Crippen LogP contribution in [0.25, 0.3) is 0 Å². The Kier molecular flexibility index (Phi) is 5.93. The normalized spacial score (nSPS) is 10.9. The van der Waals surface area contributed by atoms with Gasteiger partial charge in [-0.05, 0) is 41.4 Å². The van der Waals surface area contributed by atoms with Crippen molar-refractivity contribution in [1.82, 2.24) is 9.55 Å². The monoisotopic (exact) mass is 391 g/mol. The first-order chi connectivity index (χ1) is 10.0. The maximum Gasteiger partial charge on any atom is 0.207 e. The fraction of sp³-hybridized carbons (Fsp3) is 0.357. The van der Waals surface area contributed by atoms with Gasteiger partial charge < -0.3 is 14.6 Å². The number of nitrogens with one attached hydrogen (secondary N) is 1. The van der Waals surface area contributed by atoms with E-state index in [1.165, 1.54) is 0 Å². The van der Waals surface area contributed by atoms with Crippen molar-refractivity contribution < 1.29 is 4.74 Å². The predicted octanol–water partition coefficient (Wildman–Crippen LogP) is 5.04. The van der Waals surface area contributed by atoms with Crippen molar-refractivity contribution in [3.05, 3.63) is 38.5 Å². The topological polar surface area (TPSA) is 39.1 Å². The maximum atomic E-state index is 6.25. The number of aromatic nitrogens is 2. The third-order valence-electron chi connectivity index (χ3n) is 2.93. The second-order valence-electron chi connectivity index (χ2n) is 4.59. The number of benzene rings is 1. The molecule has 0 radical (unpaired) electrons. The van der Waals surface area contributed by atoms with Crippen LogP contribution < -0.4 is 5.32 Å². The predicted molar refractivity (Wildman–Crippen MR) is 90.9 cm³/mol. The molecule has 0 fully saturated rings. The number of imidazole rings is 1. The van der Waals surface area contributed by atoms with Crippen LogP contribution >= 0.6 is 39.1 Å². The molecule has 0 saturated carbocycles. The lowest BCUT2D eigenvalue weighted by Gasteiger charge is -2.12. The molecule has 1 aromatic heterocycles. The zero-order chi connectivity index (χ0) is 15.4. The smallest absolute Gasteiger partial charge is 0.207 e. The molecule has 1 N–H and O–H groups in total. The number of methoxy groups -OCH3 is 1. The van der Waals surface area contributed by atoms with Gasteiger partial charge in [0.25, 0.3) is 0 Å². The second kappa shape index (κ2) is 7.49. The number of ether oxygens (including phenoxy) is 1. The number of hydrogen-bond acceptors (Lipinski definition) is 3. The summed E-state index contributed by atoms with van der Waals surface area (Å²) in [5.41, 5.74) is 1.66. The zero-order valence-electron chi connectivity index (χ0n) is 11.8. The molecule has 4 nitrogen and oxygen atoms in total. The van der Waals surface area contributed by atoms with Gasteiger partial charge in [0.1, 0.15) is 0 Å². The van der Waals surface area contributed by atoms with Gasteiger partial charge in [-0.3, -0.25) is 0 Å². The first kappa shape index (κ1) is 16.6. The van der Waals surface area contributed by atoms with E-state index in [1.807, 2.05) is 29.8 Å². The lowest BCUT2D eigenvalue weighted by molar-refractivity contribution is 0.190. The van der Waals surface area contributed by atoms with Crippen molar-refractivity contribution >= 4 is 50.8 Å². The largest absolute Gasteiger partial charge is 0.385 e. The number of nitrogens with zero attached hydrogens (tertiary/aromatic N) is 2. The number of rotatable bonds is 6. The molecule has 2 rings (SSSR count). The second-order valence-corrected chi connectivity index (χ2v) is 6.20. The first-order valence-corrected chi connectivity index (χ1v) is 8.01.